The molecule has 3 aromatic carbocycles. The third kappa shape index (κ3) is 7.38. The molecule has 6 heteroatoms. The number of fused-ring (bicyclic) bond motifs is 3. The number of aryl methyl sites for hydroxylation is 1. The Morgan fingerprint density at radius 3 is 2.18 bits per heavy atom. The Hall–Kier alpha value is -2.74. The Bertz CT molecular complexity index is 1930. The molecule has 3 aromatic heterocycles. The van der Waals surface area contributed by atoms with E-state index in [0.717, 1.165) is 28.1 Å². The first kappa shape index (κ1) is 32.7. The summed E-state index contributed by atoms with van der Waals surface area (Å²) in [6.45, 7) is 20.3. The van der Waals surface area contributed by atoms with Crippen molar-refractivity contribution < 1.29 is 21.5 Å². The van der Waals surface area contributed by atoms with E-state index in [0.29, 0.717) is 0 Å². The fourth-order valence-corrected chi connectivity index (χ4v) is 10.2. The SMILES string of the molecule is Cc1cc(-c2[c-]cccc2)ncc1[Si](C)(C)C.[2H]C(C)(C)c1ccnc(-c2[c-]ccc3c2sc2cccc([Si](C)(C)C)c23)c1.[Ir]. The zero-order valence-corrected chi connectivity index (χ0v) is 32.4. The predicted octanol–water partition coefficient (Wildman–Crippen LogP) is 9.99. The first-order chi connectivity index (χ1) is 20.6. The molecule has 6 aromatic rings. The van der Waals surface area contributed by atoms with Gasteiger partial charge in [0, 0.05) is 38.6 Å². The molecule has 44 heavy (non-hydrogen) atoms. The summed E-state index contributed by atoms with van der Waals surface area (Å²) in [5.74, 6) is -0.642. The summed E-state index contributed by atoms with van der Waals surface area (Å²) in [6, 6.07) is 31.7. The Labute approximate surface area is 284 Å². The van der Waals surface area contributed by atoms with Crippen LogP contribution < -0.4 is 10.4 Å². The molecule has 0 bridgehead atoms. The van der Waals surface area contributed by atoms with Gasteiger partial charge in [0.1, 0.15) is 0 Å². The third-order valence-electron chi connectivity index (χ3n) is 7.76. The minimum absolute atomic E-state index is 0. The summed E-state index contributed by atoms with van der Waals surface area (Å²) in [7, 11) is -2.73. The van der Waals surface area contributed by atoms with E-state index < -0.39 is 22.0 Å². The molecule has 3 heterocycles. The topological polar surface area (TPSA) is 25.8 Å². The predicted molar refractivity (Wildman–Crippen MR) is 195 cm³/mol. The average molecular weight is 808 g/mol. The van der Waals surface area contributed by atoms with E-state index in [-0.39, 0.29) is 20.1 Å². The molecule has 1 radical (unpaired) electrons. The normalized spacial score (nSPS) is 12.3. The average Bonchev–Trinajstić information content (AvgIpc) is 3.35. The Balaban J connectivity index is 0.000000222. The van der Waals surface area contributed by atoms with Crippen molar-refractivity contribution in [2.45, 2.75) is 65.9 Å². The summed E-state index contributed by atoms with van der Waals surface area (Å²) in [6.07, 6.45) is 3.87. The Morgan fingerprint density at radius 2 is 1.55 bits per heavy atom. The van der Waals surface area contributed by atoms with Gasteiger partial charge in [-0.25, -0.2) is 0 Å². The van der Waals surface area contributed by atoms with Crippen LogP contribution in [0.3, 0.4) is 0 Å². The Kier molecular flexibility index (Phi) is 10.2. The van der Waals surface area contributed by atoms with Gasteiger partial charge in [-0.1, -0.05) is 99.1 Å². The van der Waals surface area contributed by atoms with E-state index in [1.54, 1.807) is 0 Å². The maximum atomic E-state index is 8.35. The molecule has 0 fully saturated rings. The van der Waals surface area contributed by atoms with Crippen LogP contribution in [0.4, 0.5) is 0 Å². The molecule has 229 valence electrons. The molecule has 6 rings (SSSR count). The maximum Gasteiger partial charge on any atom is 0.0798 e. The van der Waals surface area contributed by atoms with Crippen LogP contribution in [0.2, 0.25) is 39.3 Å². The molecule has 0 aliphatic heterocycles. The number of pyridine rings is 2. The number of hydrogen-bond acceptors (Lipinski definition) is 3. The molecular formula is C38H42IrN2SSi2-2. The molecule has 2 nitrogen and oxygen atoms in total. The van der Waals surface area contributed by atoms with Crippen molar-refractivity contribution >= 4 is 58.0 Å². The summed E-state index contributed by atoms with van der Waals surface area (Å²) in [4.78, 5) is 9.20. The van der Waals surface area contributed by atoms with Crippen molar-refractivity contribution in [1.29, 1.82) is 0 Å². The smallest absolute Gasteiger partial charge is 0.0798 e. The minimum Gasteiger partial charge on any atom is -0.305 e. The summed E-state index contributed by atoms with van der Waals surface area (Å²) < 4.78 is 10.9. The second kappa shape index (κ2) is 13.7. The molecule has 0 unspecified atom stereocenters. The number of benzene rings is 3. The van der Waals surface area contributed by atoms with Gasteiger partial charge in [-0.15, -0.1) is 59.7 Å². The molecule has 0 saturated heterocycles. The summed E-state index contributed by atoms with van der Waals surface area (Å²) in [5.41, 5.74) is 6.36. The summed E-state index contributed by atoms with van der Waals surface area (Å²) >= 11 is 1.83. The van der Waals surface area contributed by atoms with Crippen LogP contribution in [0.25, 0.3) is 42.7 Å². The van der Waals surface area contributed by atoms with Crippen molar-refractivity contribution in [2.24, 2.45) is 0 Å². The van der Waals surface area contributed by atoms with E-state index in [2.05, 4.69) is 111 Å². The van der Waals surface area contributed by atoms with Crippen molar-refractivity contribution in [2.75, 3.05) is 0 Å². The van der Waals surface area contributed by atoms with Crippen molar-refractivity contribution in [3.8, 4) is 22.5 Å². The van der Waals surface area contributed by atoms with Crippen LogP contribution in [0, 0.1) is 19.1 Å². The maximum absolute atomic E-state index is 8.35. The Morgan fingerprint density at radius 1 is 0.795 bits per heavy atom. The van der Waals surface area contributed by atoms with Crippen LogP contribution in [-0.2, 0) is 20.1 Å². The van der Waals surface area contributed by atoms with Crippen LogP contribution in [-0.4, -0.2) is 26.1 Å². The van der Waals surface area contributed by atoms with Crippen LogP contribution >= 0.6 is 11.3 Å². The van der Waals surface area contributed by atoms with Gasteiger partial charge in [-0.2, -0.15) is 11.3 Å². The minimum atomic E-state index is -1.45. The number of rotatable bonds is 5. The van der Waals surface area contributed by atoms with E-state index in [1.807, 2.05) is 67.8 Å². The van der Waals surface area contributed by atoms with Crippen LogP contribution in [0.1, 0.15) is 32.2 Å². The second-order valence-electron chi connectivity index (χ2n) is 13.5. The van der Waals surface area contributed by atoms with E-state index in [9.17, 15) is 0 Å². The van der Waals surface area contributed by atoms with E-state index in [1.165, 1.54) is 36.1 Å². The molecule has 0 N–H and O–H groups in total. The van der Waals surface area contributed by atoms with Gasteiger partial charge >= 0.3 is 0 Å². The van der Waals surface area contributed by atoms with Crippen molar-refractivity contribution in [3.05, 3.63) is 108 Å². The summed E-state index contributed by atoms with van der Waals surface area (Å²) in [5, 5.41) is 5.66. The van der Waals surface area contributed by atoms with Gasteiger partial charge in [0.05, 0.1) is 16.1 Å². The van der Waals surface area contributed by atoms with Gasteiger partial charge in [-0.05, 0) is 51.6 Å². The van der Waals surface area contributed by atoms with Crippen LogP contribution in [0.5, 0.6) is 0 Å². The van der Waals surface area contributed by atoms with E-state index >= 15 is 0 Å². The molecule has 0 saturated carbocycles. The standard InChI is InChI=1S/C23H24NSSi.C15H18NSi.Ir/c1-15(2)16-12-13-24-19(14-16)17-8-6-9-18-22-20(25-23(17)18)10-7-11-21(22)26(3,4)5;1-12-10-14(13-8-6-5-7-9-13)16-11-15(12)17(2,3)4;/h6-7,9-15H,1-5H3;5-8,10-11H,1-4H3;/q2*-1;/i15D;;. The molecule has 0 amide bonds. The first-order valence-electron chi connectivity index (χ1n) is 15.4. The second-order valence-corrected chi connectivity index (χ2v) is 24.6. The third-order valence-corrected chi connectivity index (χ3v) is 13.1. The van der Waals surface area contributed by atoms with Gasteiger partial charge in [-0.3, -0.25) is 0 Å². The largest absolute Gasteiger partial charge is 0.305 e. The molecule has 0 atom stereocenters. The monoisotopic (exact) mass is 808 g/mol. The van der Waals surface area contributed by atoms with Crippen LogP contribution in [0.15, 0.2) is 85.2 Å². The van der Waals surface area contributed by atoms with Crippen molar-refractivity contribution in [3.63, 3.8) is 0 Å². The van der Waals surface area contributed by atoms with E-state index in [4.69, 9.17) is 1.37 Å². The zero-order valence-electron chi connectivity index (χ0n) is 28.2. The molecule has 0 spiro atoms. The van der Waals surface area contributed by atoms with Gasteiger partial charge < -0.3 is 9.97 Å². The number of nitrogens with zero attached hydrogens (tertiary/aromatic N) is 2. The quantitative estimate of drug-likeness (QED) is 0.128. The molecule has 0 aliphatic carbocycles. The number of thiophene rings is 1. The van der Waals surface area contributed by atoms with Gasteiger partial charge in [0.15, 0.2) is 0 Å². The zero-order chi connectivity index (χ0) is 31.9. The molecule has 0 aliphatic rings. The fraction of sp³-hybridized carbons (Fsp3) is 0.263. The van der Waals surface area contributed by atoms with Crippen molar-refractivity contribution in [1.82, 2.24) is 9.97 Å². The van der Waals surface area contributed by atoms with Gasteiger partial charge in [0.25, 0.3) is 0 Å². The molecular weight excluding hydrogens is 765 g/mol. The number of aromatic nitrogens is 2. The van der Waals surface area contributed by atoms with Gasteiger partial charge in [0.2, 0.25) is 0 Å². The first-order valence-corrected chi connectivity index (χ1v) is 22.7. The number of hydrogen-bond donors (Lipinski definition) is 0. The fourth-order valence-electron chi connectivity index (χ4n) is 5.53.